The van der Waals surface area contributed by atoms with E-state index < -0.39 is 0 Å². The van der Waals surface area contributed by atoms with Gasteiger partial charge in [-0.15, -0.1) is 24.0 Å². The van der Waals surface area contributed by atoms with Crippen molar-refractivity contribution in [1.82, 2.24) is 20.4 Å². The van der Waals surface area contributed by atoms with Gasteiger partial charge in [-0.1, -0.05) is 19.3 Å². The van der Waals surface area contributed by atoms with Crippen molar-refractivity contribution in [3.63, 3.8) is 0 Å². The Morgan fingerprint density at radius 1 is 1.17 bits per heavy atom. The molecule has 0 spiro atoms. The second kappa shape index (κ2) is 13.0. The third-order valence-electron chi connectivity index (χ3n) is 6.03. The first-order chi connectivity index (χ1) is 14.1. The molecule has 2 N–H and O–H groups in total. The molecule has 7 heteroatoms. The van der Waals surface area contributed by atoms with Crippen molar-refractivity contribution >= 4 is 29.9 Å². The zero-order valence-electron chi connectivity index (χ0n) is 18.7. The van der Waals surface area contributed by atoms with E-state index in [1.54, 1.807) is 6.26 Å². The van der Waals surface area contributed by atoms with Gasteiger partial charge in [0.2, 0.25) is 0 Å². The van der Waals surface area contributed by atoms with Crippen LogP contribution in [0, 0.1) is 19.8 Å². The molecule has 0 unspecified atom stereocenters. The fourth-order valence-electron chi connectivity index (χ4n) is 4.17. The first-order valence-electron chi connectivity index (χ1n) is 11.2. The van der Waals surface area contributed by atoms with Gasteiger partial charge < -0.3 is 15.1 Å². The van der Waals surface area contributed by atoms with Gasteiger partial charge >= 0.3 is 0 Å². The van der Waals surface area contributed by atoms with Gasteiger partial charge in [-0.3, -0.25) is 9.67 Å². The molecule has 1 fully saturated rings. The molecule has 2 aromatic rings. The highest BCUT2D eigenvalue weighted by Gasteiger charge is 2.13. The fraction of sp³-hybridized carbons (Fsp3) is 0.652. The number of guanidine groups is 1. The minimum absolute atomic E-state index is 0. The summed E-state index contributed by atoms with van der Waals surface area (Å²) >= 11 is 0. The summed E-state index contributed by atoms with van der Waals surface area (Å²) < 4.78 is 7.41. The van der Waals surface area contributed by atoms with Gasteiger partial charge in [0.15, 0.2) is 5.96 Å². The molecule has 2 aromatic heterocycles. The van der Waals surface area contributed by atoms with Crippen molar-refractivity contribution in [1.29, 1.82) is 0 Å². The molecule has 1 aliphatic rings. The molecule has 0 saturated heterocycles. The Hall–Kier alpha value is -1.51. The summed E-state index contributed by atoms with van der Waals surface area (Å²) in [5.41, 5.74) is 3.79. The summed E-state index contributed by atoms with van der Waals surface area (Å²) in [5, 5.41) is 11.5. The number of nitrogens with one attached hydrogen (secondary N) is 2. The van der Waals surface area contributed by atoms with Crippen LogP contribution >= 0.6 is 24.0 Å². The van der Waals surface area contributed by atoms with Gasteiger partial charge in [0.25, 0.3) is 0 Å². The fourth-order valence-corrected chi connectivity index (χ4v) is 4.17. The first-order valence-corrected chi connectivity index (χ1v) is 11.2. The van der Waals surface area contributed by atoms with Crippen LogP contribution in [0.3, 0.4) is 0 Å². The smallest absolute Gasteiger partial charge is 0.191 e. The molecule has 0 atom stereocenters. The molecular weight excluding hydrogens is 489 g/mol. The Balaban J connectivity index is 0.00000320. The monoisotopic (exact) mass is 527 g/mol. The van der Waals surface area contributed by atoms with Crippen molar-refractivity contribution in [3.05, 3.63) is 41.1 Å². The first kappa shape index (κ1) is 24.8. The van der Waals surface area contributed by atoms with Crippen molar-refractivity contribution in [2.45, 2.75) is 65.2 Å². The quantitative estimate of drug-likeness (QED) is 0.218. The van der Waals surface area contributed by atoms with E-state index in [-0.39, 0.29) is 24.0 Å². The summed E-state index contributed by atoms with van der Waals surface area (Å²) in [7, 11) is 2.02. The number of halogens is 1. The van der Waals surface area contributed by atoms with Gasteiger partial charge in [0.1, 0.15) is 5.76 Å². The van der Waals surface area contributed by atoms with Gasteiger partial charge in [0, 0.05) is 38.8 Å². The van der Waals surface area contributed by atoms with E-state index in [2.05, 4.69) is 29.6 Å². The maximum Gasteiger partial charge on any atom is 0.191 e. The van der Waals surface area contributed by atoms with E-state index in [0.717, 1.165) is 62.2 Å². The molecule has 0 aromatic carbocycles. The minimum Gasteiger partial charge on any atom is -0.469 e. The van der Waals surface area contributed by atoms with Crippen LogP contribution in [0.1, 0.15) is 61.2 Å². The molecule has 3 rings (SSSR count). The number of nitrogens with zero attached hydrogens (tertiary/aromatic N) is 3. The SMILES string of the molecule is Cc1nn(C)c(C)c1CCCNC(=NCC1CCCCC1)NCCc1ccco1.I. The maximum absolute atomic E-state index is 5.43. The molecule has 1 aliphatic carbocycles. The third kappa shape index (κ3) is 7.63. The summed E-state index contributed by atoms with van der Waals surface area (Å²) in [6, 6.07) is 3.96. The zero-order valence-corrected chi connectivity index (χ0v) is 21.1. The average molecular weight is 527 g/mol. The lowest BCUT2D eigenvalue weighted by Gasteiger charge is -2.20. The lowest BCUT2D eigenvalue weighted by atomic mass is 9.89. The van der Waals surface area contributed by atoms with E-state index >= 15 is 0 Å². The van der Waals surface area contributed by atoms with Crippen molar-refractivity contribution in [2.75, 3.05) is 19.6 Å². The summed E-state index contributed by atoms with van der Waals surface area (Å²) in [6.45, 7) is 6.91. The number of rotatable bonds is 9. The van der Waals surface area contributed by atoms with Crippen LogP contribution in [0.25, 0.3) is 0 Å². The number of aryl methyl sites for hydroxylation is 2. The Bertz CT molecular complexity index is 763. The highest BCUT2D eigenvalue weighted by molar-refractivity contribution is 14.0. The number of hydrogen-bond acceptors (Lipinski definition) is 3. The molecule has 0 bridgehead atoms. The second-order valence-electron chi connectivity index (χ2n) is 8.25. The van der Waals surface area contributed by atoms with Crippen LogP contribution in [0.2, 0.25) is 0 Å². The topological polar surface area (TPSA) is 67.4 Å². The van der Waals surface area contributed by atoms with Crippen LogP contribution in [-0.2, 0) is 19.9 Å². The molecule has 6 nitrogen and oxygen atoms in total. The Morgan fingerprint density at radius 2 is 1.93 bits per heavy atom. The van der Waals surface area contributed by atoms with Crippen molar-refractivity contribution in [2.24, 2.45) is 18.0 Å². The predicted molar refractivity (Wildman–Crippen MR) is 134 cm³/mol. The lowest BCUT2D eigenvalue weighted by Crippen LogP contribution is -2.39. The van der Waals surface area contributed by atoms with Crippen LogP contribution in [0.15, 0.2) is 27.8 Å². The van der Waals surface area contributed by atoms with E-state index in [4.69, 9.17) is 9.41 Å². The highest BCUT2D eigenvalue weighted by atomic mass is 127. The molecule has 1 saturated carbocycles. The molecular formula is C23H38IN5O. The van der Waals surface area contributed by atoms with Crippen molar-refractivity contribution in [3.8, 4) is 0 Å². The van der Waals surface area contributed by atoms with E-state index in [9.17, 15) is 0 Å². The summed E-state index contributed by atoms with van der Waals surface area (Å²) in [4.78, 5) is 4.90. The van der Waals surface area contributed by atoms with E-state index in [1.807, 2.05) is 23.9 Å². The molecule has 0 radical (unpaired) electrons. The number of hydrogen-bond donors (Lipinski definition) is 2. The summed E-state index contributed by atoms with van der Waals surface area (Å²) in [6.07, 6.45) is 11.5. The van der Waals surface area contributed by atoms with Crippen LogP contribution in [0.4, 0.5) is 0 Å². The molecule has 0 aliphatic heterocycles. The Kier molecular flexibility index (Phi) is 10.7. The van der Waals surface area contributed by atoms with Crippen LogP contribution in [-0.4, -0.2) is 35.4 Å². The van der Waals surface area contributed by atoms with Gasteiger partial charge in [-0.2, -0.15) is 5.10 Å². The van der Waals surface area contributed by atoms with Gasteiger partial charge in [0.05, 0.1) is 12.0 Å². The molecule has 30 heavy (non-hydrogen) atoms. The van der Waals surface area contributed by atoms with Gasteiger partial charge in [-0.25, -0.2) is 0 Å². The third-order valence-corrected chi connectivity index (χ3v) is 6.03. The van der Waals surface area contributed by atoms with E-state index in [0.29, 0.717) is 0 Å². The van der Waals surface area contributed by atoms with Crippen molar-refractivity contribution < 1.29 is 4.42 Å². The lowest BCUT2D eigenvalue weighted by molar-refractivity contribution is 0.366. The minimum atomic E-state index is 0. The molecule has 2 heterocycles. The highest BCUT2D eigenvalue weighted by Crippen LogP contribution is 2.23. The van der Waals surface area contributed by atoms with Crippen LogP contribution < -0.4 is 10.6 Å². The zero-order chi connectivity index (χ0) is 20.5. The van der Waals surface area contributed by atoms with Crippen LogP contribution in [0.5, 0.6) is 0 Å². The number of aromatic nitrogens is 2. The molecule has 0 amide bonds. The van der Waals surface area contributed by atoms with Gasteiger partial charge in [-0.05, 0) is 63.1 Å². The number of furan rings is 1. The maximum atomic E-state index is 5.43. The largest absolute Gasteiger partial charge is 0.469 e. The molecule has 168 valence electrons. The predicted octanol–water partition coefficient (Wildman–Crippen LogP) is 4.54. The Labute approximate surface area is 198 Å². The van der Waals surface area contributed by atoms with E-state index in [1.165, 1.54) is 43.4 Å². The standard InChI is InChI=1S/C23H37N5O.HI/c1-18-22(19(2)28(3)27-18)12-7-14-24-23(25-15-13-21-11-8-16-29-21)26-17-20-9-5-4-6-10-20;/h8,11,16,20H,4-7,9-10,12-15,17H2,1-3H3,(H2,24,25,26);1H. The number of aliphatic imine (C=N–C) groups is 1. The normalized spacial score (nSPS) is 15.1. The Morgan fingerprint density at radius 3 is 2.60 bits per heavy atom. The average Bonchev–Trinajstić information content (AvgIpc) is 3.32. The second-order valence-corrected chi connectivity index (χ2v) is 8.25. The summed E-state index contributed by atoms with van der Waals surface area (Å²) in [5.74, 6) is 2.68.